The van der Waals surface area contributed by atoms with Crippen LogP contribution in [-0.4, -0.2) is 15.9 Å². The summed E-state index contributed by atoms with van der Waals surface area (Å²) in [5.41, 5.74) is 0.374. The number of nitrogens with one attached hydrogen (secondary N) is 1. The lowest BCUT2D eigenvalue weighted by Gasteiger charge is -2.13. The zero-order chi connectivity index (χ0) is 19.0. The summed E-state index contributed by atoms with van der Waals surface area (Å²) in [7, 11) is 0. The average Bonchev–Trinajstić information content (AvgIpc) is 3.31. The molecule has 27 heavy (non-hydrogen) atoms. The SMILES string of the molecule is C[C@@H](OC(=O)c1ccccc1F)c1nc2scc(-c3cccs3)c2c(=O)[nH]1. The number of fused-ring (bicyclic) bond motifs is 1. The second kappa shape index (κ2) is 7.05. The molecule has 0 spiro atoms. The zero-order valence-corrected chi connectivity index (χ0v) is 15.7. The molecule has 0 fully saturated rings. The van der Waals surface area contributed by atoms with E-state index in [4.69, 9.17) is 4.74 Å². The van der Waals surface area contributed by atoms with Gasteiger partial charge in [-0.05, 0) is 30.5 Å². The number of hydrogen-bond donors (Lipinski definition) is 1. The Morgan fingerprint density at radius 1 is 1.22 bits per heavy atom. The molecule has 136 valence electrons. The largest absolute Gasteiger partial charge is 0.451 e. The maximum Gasteiger partial charge on any atom is 0.341 e. The van der Waals surface area contributed by atoms with Crippen LogP contribution < -0.4 is 5.56 Å². The number of H-pyrrole nitrogens is 1. The Hall–Kier alpha value is -2.84. The minimum atomic E-state index is -0.832. The fourth-order valence-corrected chi connectivity index (χ4v) is 4.45. The van der Waals surface area contributed by atoms with Crippen molar-refractivity contribution in [3.63, 3.8) is 0 Å². The van der Waals surface area contributed by atoms with E-state index in [2.05, 4.69) is 9.97 Å². The van der Waals surface area contributed by atoms with E-state index in [0.717, 1.165) is 10.4 Å². The number of carbonyl (C=O) groups excluding carboxylic acids is 1. The first-order chi connectivity index (χ1) is 13.0. The third kappa shape index (κ3) is 3.29. The van der Waals surface area contributed by atoms with E-state index in [0.29, 0.717) is 10.2 Å². The summed E-state index contributed by atoms with van der Waals surface area (Å²) in [6.07, 6.45) is -0.832. The van der Waals surface area contributed by atoms with E-state index in [1.54, 1.807) is 24.3 Å². The topological polar surface area (TPSA) is 72.0 Å². The van der Waals surface area contributed by atoms with Crippen LogP contribution in [0.25, 0.3) is 20.7 Å². The first kappa shape index (κ1) is 17.6. The molecule has 4 rings (SSSR count). The Balaban J connectivity index is 1.65. The van der Waals surface area contributed by atoms with Gasteiger partial charge in [0.1, 0.15) is 10.6 Å². The molecule has 1 atom stereocenters. The van der Waals surface area contributed by atoms with Gasteiger partial charge in [0.25, 0.3) is 5.56 Å². The molecule has 0 aliphatic carbocycles. The number of esters is 1. The number of nitrogens with zero attached hydrogens (tertiary/aromatic N) is 1. The lowest BCUT2D eigenvalue weighted by atomic mass is 10.2. The predicted molar refractivity (Wildman–Crippen MR) is 104 cm³/mol. The molecule has 3 heterocycles. The van der Waals surface area contributed by atoms with E-state index >= 15 is 0 Å². The van der Waals surface area contributed by atoms with Crippen molar-refractivity contribution in [1.29, 1.82) is 0 Å². The molecular formula is C19H13FN2O3S2. The highest BCUT2D eigenvalue weighted by atomic mass is 32.1. The fraction of sp³-hybridized carbons (Fsp3) is 0.105. The minimum absolute atomic E-state index is 0.163. The first-order valence-electron chi connectivity index (χ1n) is 8.05. The second-order valence-corrected chi connectivity index (χ2v) is 7.59. The van der Waals surface area contributed by atoms with Crippen LogP contribution in [0.15, 0.2) is 52.0 Å². The van der Waals surface area contributed by atoms with Crippen molar-refractivity contribution in [3.8, 4) is 10.4 Å². The Morgan fingerprint density at radius 3 is 2.78 bits per heavy atom. The van der Waals surface area contributed by atoms with Crippen LogP contribution in [-0.2, 0) is 4.74 Å². The van der Waals surface area contributed by atoms with E-state index in [1.807, 2.05) is 22.9 Å². The Kier molecular flexibility index (Phi) is 4.59. The number of thiophene rings is 2. The van der Waals surface area contributed by atoms with Crippen molar-refractivity contribution in [2.45, 2.75) is 13.0 Å². The van der Waals surface area contributed by atoms with Gasteiger partial charge in [-0.3, -0.25) is 4.79 Å². The van der Waals surface area contributed by atoms with Crippen molar-refractivity contribution in [2.75, 3.05) is 0 Å². The first-order valence-corrected chi connectivity index (χ1v) is 9.81. The number of carbonyl (C=O) groups is 1. The van der Waals surface area contributed by atoms with Gasteiger partial charge < -0.3 is 9.72 Å². The molecular weight excluding hydrogens is 387 g/mol. The molecule has 0 saturated carbocycles. The highest BCUT2D eigenvalue weighted by molar-refractivity contribution is 7.18. The van der Waals surface area contributed by atoms with E-state index in [9.17, 15) is 14.0 Å². The van der Waals surface area contributed by atoms with Crippen LogP contribution in [0.4, 0.5) is 4.39 Å². The summed E-state index contributed by atoms with van der Waals surface area (Å²) in [5, 5.41) is 4.34. The molecule has 0 unspecified atom stereocenters. The van der Waals surface area contributed by atoms with Gasteiger partial charge in [-0.2, -0.15) is 0 Å². The lowest BCUT2D eigenvalue weighted by molar-refractivity contribution is 0.0315. The van der Waals surface area contributed by atoms with Gasteiger partial charge in [0.05, 0.1) is 10.9 Å². The summed E-state index contributed by atoms with van der Waals surface area (Å²) in [5.74, 6) is -1.25. The normalized spacial score (nSPS) is 12.2. The fourth-order valence-electron chi connectivity index (χ4n) is 2.68. The standard InChI is InChI=1S/C19H13FN2O3S2/c1-10(25-19(24)11-5-2-3-6-13(11)20)16-21-17(23)15-12(9-27-18(15)22-16)14-7-4-8-26-14/h2-10H,1H3,(H,21,22,23)/t10-/m1/s1. The van der Waals surface area contributed by atoms with E-state index in [-0.39, 0.29) is 16.9 Å². The zero-order valence-electron chi connectivity index (χ0n) is 14.1. The molecule has 1 N–H and O–H groups in total. The summed E-state index contributed by atoms with van der Waals surface area (Å²) in [6, 6.07) is 9.43. The van der Waals surface area contributed by atoms with Crippen molar-refractivity contribution >= 4 is 38.9 Å². The number of aromatic nitrogens is 2. The molecule has 0 radical (unpaired) electrons. The summed E-state index contributed by atoms with van der Waals surface area (Å²) in [6.45, 7) is 1.58. The Morgan fingerprint density at radius 2 is 2.04 bits per heavy atom. The molecule has 8 heteroatoms. The molecule has 4 aromatic rings. The van der Waals surface area contributed by atoms with Gasteiger partial charge in [0.15, 0.2) is 11.9 Å². The van der Waals surface area contributed by atoms with Crippen LogP contribution in [0.3, 0.4) is 0 Å². The van der Waals surface area contributed by atoms with Gasteiger partial charge in [-0.15, -0.1) is 22.7 Å². The molecule has 1 aromatic carbocycles. The number of benzene rings is 1. The van der Waals surface area contributed by atoms with Crippen LogP contribution in [0.1, 0.15) is 29.2 Å². The smallest absolute Gasteiger partial charge is 0.341 e. The molecule has 0 aliphatic heterocycles. The average molecular weight is 400 g/mol. The van der Waals surface area contributed by atoms with E-state index < -0.39 is 17.9 Å². The highest BCUT2D eigenvalue weighted by Gasteiger charge is 2.20. The van der Waals surface area contributed by atoms with Crippen LogP contribution in [0.5, 0.6) is 0 Å². The minimum Gasteiger partial charge on any atom is -0.451 e. The number of halogens is 1. The summed E-state index contributed by atoms with van der Waals surface area (Å²) < 4.78 is 19.0. The Labute approximate surface area is 161 Å². The lowest BCUT2D eigenvalue weighted by Crippen LogP contribution is -2.17. The van der Waals surface area contributed by atoms with Crippen molar-refractivity contribution < 1.29 is 13.9 Å². The van der Waals surface area contributed by atoms with Crippen molar-refractivity contribution in [3.05, 3.63) is 74.7 Å². The third-order valence-electron chi connectivity index (χ3n) is 4.01. The highest BCUT2D eigenvalue weighted by Crippen LogP contribution is 2.33. The number of hydrogen-bond acceptors (Lipinski definition) is 6. The molecule has 5 nitrogen and oxygen atoms in total. The van der Waals surface area contributed by atoms with Gasteiger partial charge in [0, 0.05) is 15.8 Å². The van der Waals surface area contributed by atoms with Crippen LogP contribution in [0.2, 0.25) is 0 Å². The third-order valence-corrected chi connectivity index (χ3v) is 5.79. The van der Waals surface area contributed by atoms with Gasteiger partial charge in [-0.25, -0.2) is 14.2 Å². The Bertz CT molecular complexity index is 1180. The monoisotopic (exact) mass is 400 g/mol. The summed E-state index contributed by atoms with van der Waals surface area (Å²) in [4.78, 5) is 33.4. The predicted octanol–water partition coefficient (Wildman–Crippen LogP) is 4.77. The van der Waals surface area contributed by atoms with Crippen molar-refractivity contribution in [2.24, 2.45) is 0 Å². The molecule has 0 bridgehead atoms. The molecule has 3 aromatic heterocycles. The van der Waals surface area contributed by atoms with Crippen molar-refractivity contribution in [1.82, 2.24) is 9.97 Å². The van der Waals surface area contributed by atoms with E-state index in [1.165, 1.54) is 29.5 Å². The molecule has 0 saturated heterocycles. The quantitative estimate of drug-likeness (QED) is 0.501. The number of aromatic amines is 1. The van der Waals surface area contributed by atoms with Crippen LogP contribution >= 0.6 is 22.7 Å². The molecule has 0 aliphatic rings. The second-order valence-electron chi connectivity index (χ2n) is 5.79. The number of rotatable bonds is 4. The number of ether oxygens (including phenoxy) is 1. The van der Waals surface area contributed by atoms with Crippen LogP contribution in [0, 0.1) is 5.82 Å². The maximum atomic E-state index is 13.7. The van der Waals surface area contributed by atoms with Gasteiger partial charge in [0.2, 0.25) is 0 Å². The van der Waals surface area contributed by atoms with Gasteiger partial charge >= 0.3 is 5.97 Å². The molecule has 0 amide bonds. The summed E-state index contributed by atoms with van der Waals surface area (Å²) >= 11 is 2.89. The van der Waals surface area contributed by atoms with Gasteiger partial charge in [-0.1, -0.05) is 18.2 Å². The maximum absolute atomic E-state index is 13.7.